The van der Waals surface area contributed by atoms with Crippen LogP contribution in [0.1, 0.15) is 232 Å². The first-order valence-electron chi connectivity index (χ1n) is 20.4. The molecule has 0 amide bonds. The normalized spacial score (nSPS) is 11.6. The van der Waals surface area contributed by atoms with Gasteiger partial charge in [0.05, 0.1) is 13.1 Å². The van der Waals surface area contributed by atoms with Crippen LogP contribution in [0.15, 0.2) is 12.4 Å². The third kappa shape index (κ3) is 25.1. The van der Waals surface area contributed by atoms with Crippen molar-refractivity contribution in [2.45, 2.75) is 246 Å². The summed E-state index contributed by atoms with van der Waals surface area (Å²) in [5, 5.41) is 0. The van der Waals surface area contributed by atoms with Crippen LogP contribution in [0, 0.1) is 0 Å². The highest BCUT2D eigenvalue weighted by atomic mass is 15.1. The Labute approximate surface area is 272 Å². The Hall–Kier alpha value is -0.790. The number of hydrogen-bond donors (Lipinski definition) is 0. The summed E-state index contributed by atoms with van der Waals surface area (Å²) in [5.41, 5.74) is 0. The fraction of sp³-hybridized carbons (Fsp3) is 0.927. The molecule has 0 N–H and O–H groups in total. The molecule has 1 aromatic heterocycles. The molecule has 0 saturated carbocycles. The van der Waals surface area contributed by atoms with Crippen molar-refractivity contribution in [2.24, 2.45) is 0 Å². The van der Waals surface area contributed by atoms with Gasteiger partial charge in [-0.05, 0) is 32.1 Å². The van der Waals surface area contributed by atoms with Crippen LogP contribution in [-0.4, -0.2) is 4.57 Å². The third-order valence-corrected chi connectivity index (χ3v) is 9.85. The molecule has 1 aromatic rings. The molecule has 0 aliphatic heterocycles. The molecule has 0 atom stereocenters. The highest BCUT2D eigenvalue weighted by molar-refractivity contribution is 4.84. The lowest BCUT2D eigenvalue weighted by atomic mass is 10.0. The minimum Gasteiger partial charge on any atom is -0.234 e. The Kier molecular flexibility index (Phi) is 30.5. The van der Waals surface area contributed by atoms with Gasteiger partial charge in [0, 0.05) is 6.42 Å². The quantitative estimate of drug-likeness (QED) is 0.0540. The number of rotatable bonds is 35. The fourth-order valence-electron chi connectivity index (χ4n) is 6.86. The summed E-state index contributed by atoms with van der Waals surface area (Å²) in [6.07, 6.45) is 51.9. The number of hydrogen-bond acceptors (Lipinski definition) is 0. The highest BCUT2D eigenvalue weighted by Gasteiger charge is 2.16. The highest BCUT2D eigenvalue weighted by Crippen LogP contribution is 2.15. The van der Waals surface area contributed by atoms with E-state index in [-0.39, 0.29) is 0 Å². The van der Waals surface area contributed by atoms with Crippen LogP contribution in [0.2, 0.25) is 0 Å². The second kappa shape index (κ2) is 32.6. The number of imidazole rings is 1. The van der Waals surface area contributed by atoms with Crippen molar-refractivity contribution in [3.63, 3.8) is 0 Å². The molecule has 1 rings (SSSR count). The molecule has 0 aliphatic rings. The summed E-state index contributed by atoms with van der Waals surface area (Å²) < 4.78 is 5.27. The molecular weight excluding hydrogens is 520 g/mol. The average Bonchev–Trinajstić information content (AvgIpc) is 3.40. The first-order valence-corrected chi connectivity index (χ1v) is 20.4. The summed E-state index contributed by atoms with van der Waals surface area (Å²) in [7, 11) is 0. The van der Waals surface area contributed by atoms with Gasteiger partial charge in [-0.25, -0.2) is 9.13 Å². The van der Waals surface area contributed by atoms with E-state index in [1.165, 1.54) is 225 Å². The molecule has 2 heteroatoms. The predicted molar refractivity (Wildman–Crippen MR) is 193 cm³/mol. The van der Waals surface area contributed by atoms with Crippen LogP contribution >= 0.6 is 0 Å². The second-order valence-electron chi connectivity index (χ2n) is 14.1. The van der Waals surface area contributed by atoms with Gasteiger partial charge in [0.1, 0.15) is 12.4 Å². The minimum absolute atomic E-state index is 1.23. The van der Waals surface area contributed by atoms with Gasteiger partial charge in [-0.15, -0.1) is 0 Å². The maximum atomic E-state index is 2.64. The number of unbranched alkanes of at least 4 members (excludes halogenated alkanes) is 29. The summed E-state index contributed by atoms with van der Waals surface area (Å²) in [6, 6.07) is 0. The van der Waals surface area contributed by atoms with Crippen LogP contribution < -0.4 is 4.57 Å². The van der Waals surface area contributed by atoms with Crippen LogP contribution in [0.5, 0.6) is 0 Å². The van der Waals surface area contributed by atoms with Gasteiger partial charge in [-0.3, -0.25) is 0 Å². The van der Waals surface area contributed by atoms with Crippen molar-refractivity contribution in [3.05, 3.63) is 18.2 Å². The minimum atomic E-state index is 1.23. The van der Waals surface area contributed by atoms with Crippen LogP contribution in [0.4, 0.5) is 0 Å². The maximum absolute atomic E-state index is 2.64. The zero-order chi connectivity index (χ0) is 30.9. The molecule has 2 nitrogen and oxygen atoms in total. The molecule has 254 valence electrons. The smallest absolute Gasteiger partial charge is 0.234 e. The van der Waals surface area contributed by atoms with E-state index in [4.69, 9.17) is 0 Å². The predicted octanol–water partition coefficient (Wildman–Crippen LogP) is 13.9. The van der Waals surface area contributed by atoms with Gasteiger partial charge >= 0.3 is 0 Å². The van der Waals surface area contributed by atoms with Crippen molar-refractivity contribution >= 4 is 0 Å². The Morgan fingerprint density at radius 3 is 1.12 bits per heavy atom. The van der Waals surface area contributed by atoms with E-state index < -0.39 is 0 Å². The van der Waals surface area contributed by atoms with E-state index in [9.17, 15) is 0 Å². The van der Waals surface area contributed by atoms with Gasteiger partial charge in [-0.2, -0.15) is 0 Å². The van der Waals surface area contributed by atoms with Crippen LogP contribution in [-0.2, 0) is 19.5 Å². The van der Waals surface area contributed by atoms with Crippen molar-refractivity contribution in [1.82, 2.24) is 4.57 Å². The van der Waals surface area contributed by atoms with Gasteiger partial charge in [0.25, 0.3) is 5.82 Å². The standard InChI is InChI=1S/C41H81N2/c1-4-7-10-13-16-19-21-22-24-26-29-32-35-38-43-40-39-42(41(43)36-33-30-27-18-15-12-9-6-3)37-34-31-28-25-23-20-17-14-11-8-5-2/h39-40H,4-38H2,1-3H3/q+1. The van der Waals surface area contributed by atoms with E-state index in [1.54, 1.807) is 5.82 Å². The molecule has 0 radical (unpaired) electrons. The molecular formula is C41H81N2+. The summed E-state index contributed by atoms with van der Waals surface area (Å²) in [5.74, 6) is 1.62. The Bertz CT molecular complexity index is 663. The molecule has 0 fully saturated rings. The lowest BCUT2D eigenvalue weighted by molar-refractivity contribution is -0.704. The van der Waals surface area contributed by atoms with Crippen molar-refractivity contribution in [3.8, 4) is 0 Å². The molecule has 0 bridgehead atoms. The van der Waals surface area contributed by atoms with Crippen LogP contribution in [0.3, 0.4) is 0 Å². The van der Waals surface area contributed by atoms with Crippen molar-refractivity contribution < 1.29 is 4.57 Å². The molecule has 0 saturated heterocycles. The largest absolute Gasteiger partial charge is 0.256 e. The first-order chi connectivity index (χ1) is 21.3. The second-order valence-corrected chi connectivity index (χ2v) is 14.1. The maximum Gasteiger partial charge on any atom is 0.256 e. The number of aryl methyl sites for hydroxylation is 2. The molecule has 0 aliphatic carbocycles. The van der Waals surface area contributed by atoms with Crippen LogP contribution in [0.25, 0.3) is 0 Å². The molecule has 1 heterocycles. The van der Waals surface area contributed by atoms with E-state index >= 15 is 0 Å². The molecule has 0 aromatic carbocycles. The van der Waals surface area contributed by atoms with Crippen molar-refractivity contribution in [2.75, 3.05) is 0 Å². The molecule has 0 spiro atoms. The Morgan fingerprint density at radius 2 is 0.721 bits per heavy atom. The SMILES string of the molecule is CCCCCCCCCCCCCCCn1cc[n+](CCCCCCCCCCCCC)c1CCCCCCCCCC. The average molecular weight is 602 g/mol. The van der Waals surface area contributed by atoms with Gasteiger partial charge in [0.15, 0.2) is 0 Å². The summed E-state index contributed by atoms with van der Waals surface area (Å²) in [4.78, 5) is 0. The lowest BCUT2D eigenvalue weighted by Gasteiger charge is -2.07. The molecule has 43 heavy (non-hydrogen) atoms. The van der Waals surface area contributed by atoms with E-state index in [2.05, 4.69) is 42.3 Å². The zero-order valence-corrected chi connectivity index (χ0v) is 30.3. The summed E-state index contributed by atoms with van der Waals surface area (Å²) in [6.45, 7) is 9.41. The monoisotopic (exact) mass is 602 g/mol. The Morgan fingerprint density at radius 1 is 0.395 bits per heavy atom. The third-order valence-electron chi connectivity index (χ3n) is 9.85. The van der Waals surface area contributed by atoms with Gasteiger partial charge in [-0.1, -0.05) is 194 Å². The number of nitrogens with zero attached hydrogens (tertiary/aromatic N) is 2. The van der Waals surface area contributed by atoms with Crippen molar-refractivity contribution in [1.29, 1.82) is 0 Å². The topological polar surface area (TPSA) is 8.81 Å². The summed E-state index contributed by atoms with van der Waals surface area (Å²) >= 11 is 0. The molecule has 0 unspecified atom stereocenters. The van der Waals surface area contributed by atoms with Gasteiger partial charge in [0.2, 0.25) is 0 Å². The van der Waals surface area contributed by atoms with E-state index in [0.29, 0.717) is 0 Å². The number of aromatic nitrogens is 2. The Balaban J connectivity index is 2.28. The van der Waals surface area contributed by atoms with E-state index in [1.807, 2.05) is 0 Å². The fourth-order valence-corrected chi connectivity index (χ4v) is 6.86. The first kappa shape index (κ1) is 40.2. The lowest BCUT2D eigenvalue weighted by Crippen LogP contribution is -2.37. The zero-order valence-electron chi connectivity index (χ0n) is 30.3. The van der Waals surface area contributed by atoms with Gasteiger partial charge < -0.3 is 0 Å². The van der Waals surface area contributed by atoms with E-state index in [0.717, 1.165) is 0 Å².